The number of nitrogens with zero attached hydrogens (tertiary/aromatic N) is 3. The fourth-order valence-corrected chi connectivity index (χ4v) is 4.01. The van der Waals surface area contributed by atoms with Crippen LogP contribution in [0.4, 0.5) is 5.82 Å². The van der Waals surface area contributed by atoms with E-state index in [2.05, 4.69) is 27.1 Å². The molecule has 0 saturated carbocycles. The van der Waals surface area contributed by atoms with Crippen LogP contribution in [0, 0.1) is 0 Å². The second-order valence-electron chi connectivity index (χ2n) is 6.62. The topological polar surface area (TPSA) is 58.1 Å². The normalized spacial score (nSPS) is 13.8. The number of hydrogen-bond acceptors (Lipinski definition) is 5. The first-order valence-corrected chi connectivity index (χ1v) is 10.8. The van der Waals surface area contributed by atoms with Crippen molar-refractivity contribution >= 4 is 35.1 Å². The average Bonchev–Trinajstić information content (AvgIpc) is 3.21. The van der Waals surface area contributed by atoms with Crippen LogP contribution in [0.3, 0.4) is 0 Å². The molecule has 1 aliphatic rings. The van der Waals surface area contributed by atoms with Crippen LogP contribution in [-0.2, 0) is 5.75 Å². The number of thioether (sulfide) groups is 1. The lowest BCUT2D eigenvalue weighted by Crippen LogP contribution is -2.24. The van der Waals surface area contributed by atoms with Gasteiger partial charge in [-0.25, -0.2) is 9.97 Å². The van der Waals surface area contributed by atoms with Crippen molar-refractivity contribution in [1.29, 1.82) is 0 Å². The number of halogens is 1. The molecular formula is C20H25ClN4OS. The van der Waals surface area contributed by atoms with E-state index < -0.39 is 0 Å². The van der Waals surface area contributed by atoms with Crippen LogP contribution >= 0.6 is 23.4 Å². The maximum absolute atomic E-state index is 12.2. The predicted molar refractivity (Wildman–Crippen MR) is 112 cm³/mol. The van der Waals surface area contributed by atoms with Gasteiger partial charge in [0.05, 0.1) is 0 Å². The van der Waals surface area contributed by atoms with E-state index in [0.29, 0.717) is 28.2 Å². The first-order chi connectivity index (χ1) is 13.2. The molecule has 1 aliphatic heterocycles. The Labute approximate surface area is 169 Å². The Bertz CT molecular complexity index is 780. The maximum Gasteiger partial charge on any atom is 0.251 e. The minimum atomic E-state index is -0.0226. The zero-order valence-electron chi connectivity index (χ0n) is 15.6. The number of unbranched alkanes of at least 4 members (excludes halogenated alkanes) is 1. The highest BCUT2D eigenvalue weighted by atomic mass is 35.5. The summed E-state index contributed by atoms with van der Waals surface area (Å²) >= 11 is 7.73. The van der Waals surface area contributed by atoms with E-state index in [1.54, 1.807) is 0 Å². The second-order valence-corrected chi connectivity index (χ2v) is 7.95. The molecule has 1 aromatic heterocycles. The molecule has 2 aromatic rings. The Morgan fingerprint density at radius 1 is 1.26 bits per heavy atom. The SMILES string of the molecule is CCCCNC(=O)c1cccc(CSc2nc(Cl)cc(N3CCCC3)n2)c1. The number of anilines is 1. The lowest BCUT2D eigenvalue weighted by molar-refractivity contribution is 0.0953. The number of nitrogens with one attached hydrogen (secondary N) is 1. The van der Waals surface area contributed by atoms with Crippen molar-refractivity contribution in [2.75, 3.05) is 24.5 Å². The number of amides is 1. The molecule has 144 valence electrons. The monoisotopic (exact) mass is 404 g/mol. The summed E-state index contributed by atoms with van der Waals surface area (Å²) in [6.07, 6.45) is 4.44. The van der Waals surface area contributed by atoms with Gasteiger partial charge in [-0.15, -0.1) is 0 Å². The Kier molecular flexibility index (Phi) is 7.35. The number of hydrogen-bond donors (Lipinski definition) is 1. The molecule has 5 nitrogen and oxygen atoms in total. The molecule has 7 heteroatoms. The maximum atomic E-state index is 12.2. The van der Waals surface area contributed by atoms with Crippen LogP contribution in [0.2, 0.25) is 5.15 Å². The van der Waals surface area contributed by atoms with Gasteiger partial charge in [-0.05, 0) is 37.0 Å². The summed E-state index contributed by atoms with van der Waals surface area (Å²) < 4.78 is 0. The smallest absolute Gasteiger partial charge is 0.251 e. The fraction of sp³-hybridized carbons (Fsp3) is 0.450. The molecule has 0 radical (unpaired) electrons. The highest BCUT2D eigenvalue weighted by Crippen LogP contribution is 2.26. The lowest BCUT2D eigenvalue weighted by atomic mass is 10.1. The Hall–Kier alpha value is -1.79. The van der Waals surface area contributed by atoms with Gasteiger partial charge in [0.1, 0.15) is 11.0 Å². The minimum absolute atomic E-state index is 0.0226. The minimum Gasteiger partial charge on any atom is -0.356 e. The third kappa shape index (κ3) is 5.84. The molecular weight excluding hydrogens is 380 g/mol. The van der Waals surface area contributed by atoms with E-state index in [9.17, 15) is 4.79 Å². The molecule has 3 rings (SSSR count). The summed E-state index contributed by atoms with van der Waals surface area (Å²) in [6, 6.07) is 9.54. The summed E-state index contributed by atoms with van der Waals surface area (Å²) in [6.45, 7) is 4.86. The van der Waals surface area contributed by atoms with Crippen molar-refractivity contribution in [2.45, 2.75) is 43.5 Å². The number of benzene rings is 1. The quantitative estimate of drug-likeness (QED) is 0.302. The Morgan fingerprint density at radius 2 is 2.07 bits per heavy atom. The largest absolute Gasteiger partial charge is 0.356 e. The van der Waals surface area contributed by atoms with Crippen LogP contribution in [0.1, 0.15) is 48.5 Å². The Balaban J connectivity index is 1.63. The van der Waals surface area contributed by atoms with E-state index in [1.807, 2.05) is 30.3 Å². The molecule has 2 heterocycles. The lowest BCUT2D eigenvalue weighted by Gasteiger charge is -2.16. The summed E-state index contributed by atoms with van der Waals surface area (Å²) in [5.41, 5.74) is 1.75. The predicted octanol–water partition coefficient (Wildman–Crippen LogP) is 4.55. The van der Waals surface area contributed by atoms with E-state index in [0.717, 1.165) is 37.3 Å². The van der Waals surface area contributed by atoms with Crippen molar-refractivity contribution in [3.63, 3.8) is 0 Å². The number of carbonyl (C=O) groups is 1. The first-order valence-electron chi connectivity index (χ1n) is 9.45. The fourth-order valence-electron chi connectivity index (χ4n) is 2.99. The molecule has 27 heavy (non-hydrogen) atoms. The second kappa shape index (κ2) is 9.95. The van der Waals surface area contributed by atoms with E-state index in [-0.39, 0.29) is 5.91 Å². The van der Waals surface area contributed by atoms with Gasteiger partial charge in [-0.2, -0.15) is 0 Å². The summed E-state index contributed by atoms with van der Waals surface area (Å²) in [5.74, 6) is 1.57. The highest BCUT2D eigenvalue weighted by Gasteiger charge is 2.16. The molecule has 1 N–H and O–H groups in total. The number of aromatic nitrogens is 2. The molecule has 1 fully saturated rings. The van der Waals surface area contributed by atoms with Crippen LogP contribution in [0.15, 0.2) is 35.5 Å². The van der Waals surface area contributed by atoms with Crippen LogP contribution in [0.5, 0.6) is 0 Å². The van der Waals surface area contributed by atoms with Crippen molar-refractivity contribution < 1.29 is 4.79 Å². The van der Waals surface area contributed by atoms with Gasteiger partial charge in [0.2, 0.25) is 0 Å². The van der Waals surface area contributed by atoms with E-state index >= 15 is 0 Å². The number of rotatable bonds is 8. The van der Waals surface area contributed by atoms with Crippen LogP contribution < -0.4 is 10.2 Å². The average molecular weight is 405 g/mol. The zero-order valence-corrected chi connectivity index (χ0v) is 17.2. The van der Waals surface area contributed by atoms with Crippen molar-refractivity contribution in [1.82, 2.24) is 15.3 Å². The van der Waals surface area contributed by atoms with Crippen molar-refractivity contribution in [3.8, 4) is 0 Å². The van der Waals surface area contributed by atoms with Crippen LogP contribution in [0.25, 0.3) is 0 Å². The molecule has 1 aromatic carbocycles. The number of carbonyl (C=O) groups excluding carboxylic acids is 1. The van der Waals surface area contributed by atoms with Gasteiger partial charge in [0.15, 0.2) is 5.16 Å². The Morgan fingerprint density at radius 3 is 2.85 bits per heavy atom. The third-order valence-electron chi connectivity index (χ3n) is 4.46. The van der Waals surface area contributed by atoms with Crippen molar-refractivity contribution in [3.05, 3.63) is 46.6 Å². The van der Waals surface area contributed by atoms with E-state index in [1.165, 1.54) is 24.6 Å². The molecule has 1 amide bonds. The third-order valence-corrected chi connectivity index (χ3v) is 5.58. The molecule has 0 spiro atoms. The van der Waals surface area contributed by atoms with Gasteiger partial charge in [-0.3, -0.25) is 4.79 Å². The van der Waals surface area contributed by atoms with Gasteiger partial charge in [0, 0.05) is 37.0 Å². The van der Waals surface area contributed by atoms with Gasteiger partial charge in [0.25, 0.3) is 5.91 Å². The van der Waals surface area contributed by atoms with Gasteiger partial charge in [-0.1, -0.05) is 48.8 Å². The molecule has 0 atom stereocenters. The molecule has 0 bridgehead atoms. The zero-order chi connectivity index (χ0) is 19.1. The van der Waals surface area contributed by atoms with Crippen molar-refractivity contribution in [2.24, 2.45) is 0 Å². The molecule has 0 unspecified atom stereocenters. The van der Waals surface area contributed by atoms with Crippen LogP contribution in [-0.4, -0.2) is 35.5 Å². The first kappa shape index (κ1) is 20.0. The summed E-state index contributed by atoms with van der Waals surface area (Å²) in [4.78, 5) is 23.5. The highest BCUT2D eigenvalue weighted by molar-refractivity contribution is 7.98. The molecule has 0 aliphatic carbocycles. The van der Waals surface area contributed by atoms with Gasteiger partial charge < -0.3 is 10.2 Å². The summed E-state index contributed by atoms with van der Waals surface area (Å²) in [7, 11) is 0. The van der Waals surface area contributed by atoms with E-state index in [4.69, 9.17) is 11.6 Å². The molecule has 1 saturated heterocycles. The van der Waals surface area contributed by atoms with Gasteiger partial charge >= 0.3 is 0 Å². The summed E-state index contributed by atoms with van der Waals surface area (Å²) in [5, 5.41) is 4.09. The standard InChI is InChI=1S/C20H25ClN4OS/c1-2-3-9-22-19(26)16-8-6-7-15(12-16)14-27-20-23-17(21)13-18(24-20)25-10-4-5-11-25/h6-8,12-13H,2-5,9-11,14H2,1H3,(H,22,26).